The summed E-state index contributed by atoms with van der Waals surface area (Å²) in [5, 5.41) is 0. The molecule has 2 atom stereocenters. The molecule has 0 heterocycles. The molecule has 0 radical (unpaired) electrons. The number of ketones is 1. The largest absolute Gasteiger partial charge is 0.301 e. The van der Waals surface area contributed by atoms with Crippen molar-refractivity contribution in [2.24, 2.45) is 11.8 Å². The van der Waals surface area contributed by atoms with Crippen molar-refractivity contribution in [3.63, 3.8) is 0 Å². The molecule has 2 unspecified atom stereocenters. The number of hydrogen-bond acceptors (Lipinski definition) is 2. The lowest BCUT2D eigenvalue weighted by molar-refractivity contribution is -0.126. The van der Waals surface area contributed by atoms with E-state index in [2.05, 4.69) is 11.8 Å². The molecule has 0 bridgehead atoms. The van der Waals surface area contributed by atoms with Crippen LogP contribution < -0.4 is 0 Å². The first-order valence-electron chi connectivity index (χ1n) is 7.01. The van der Waals surface area contributed by atoms with Gasteiger partial charge in [0, 0.05) is 31.0 Å². The lowest BCUT2D eigenvalue weighted by Gasteiger charge is -2.29. The molecule has 1 fully saturated rings. The summed E-state index contributed by atoms with van der Waals surface area (Å²) in [6, 6.07) is 6.83. The molecule has 0 aliphatic heterocycles. The van der Waals surface area contributed by atoms with Gasteiger partial charge in [-0.15, -0.1) is 0 Å². The third-order valence-corrected chi connectivity index (χ3v) is 3.96. The fourth-order valence-electron chi connectivity index (χ4n) is 2.86. The zero-order chi connectivity index (χ0) is 13.8. The molecule has 1 aromatic rings. The van der Waals surface area contributed by atoms with E-state index < -0.39 is 0 Å². The Balaban J connectivity index is 1.92. The van der Waals surface area contributed by atoms with Crippen molar-refractivity contribution in [2.45, 2.75) is 32.7 Å². The summed E-state index contributed by atoms with van der Waals surface area (Å²) in [6.45, 7) is 3.50. The maximum absolute atomic E-state index is 13.6. The Morgan fingerprint density at radius 2 is 2.11 bits per heavy atom. The van der Waals surface area contributed by atoms with Gasteiger partial charge in [0.15, 0.2) is 0 Å². The Labute approximate surface area is 114 Å². The molecule has 19 heavy (non-hydrogen) atoms. The number of benzene rings is 1. The molecule has 3 heteroatoms. The van der Waals surface area contributed by atoms with Crippen molar-refractivity contribution in [3.05, 3.63) is 35.6 Å². The van der Waals surface area contributed by atoms with Crippen LogP contribution in [-0.2, 0) is 11.3 Å². The maximum atomic E-state index is 13.6. The summed E-state index contributed by atoms with van der Waals surface area (Å²) in [5.74, 6) is 0.959. The molecular weight excluding hydrogens is 241 g/mol. The van der Waals surface area contributed by atoms with Crippen molar-refractivity contribution in [3.8, 4) is 0 Å². The summed E-state index contributed by atoms with van der Waals surface area (Å²) in [5.41, 5.74) is 0.696. The molecular formula is C16H22FNO. The van der Waals surface area contributed by atoms with Crippen molar-refractivity contribution in [1.29, 1.82) is 0 Å². The van der Waals surface area contributed by atoms with Crippen LogP contribution in [0.3, 0.4) is 0 Å². The van der Waals surface area contributed by atoms with Crippen LogP contribution in [0.25, 0.3) is 0 Å². The number of hydrogen-bond donors (Lipinski definition) is 0. The minimum absolute atomic E-state index is 0.125. The van der Waals surface area contributed by atoms with Gasteiger partial charge in [0.05, 0.1) is 0 Å². The van der Waals surface area contributed by atoms with Gasteiger partial charge in [-0.2, -0.15) is 0 Å². The van der Waals surface area contributed by atoms with Crippen LogP contribution in [-0.4, -0.2) is 24.3 Å². The topological polar surface area (TPSA) is 20.3 Å². The number of nitrogens with zero attached hydrogens (tertiary/aromatic N) is 1. The van der Waals surface area contributed by atoms with E-state index in [1.165, 1.54) is 6.07 Å². The summed E-state index contributed by atoms with van der Waals surface area (Å²) in [4.78, 5) is 13.9. The zero-order valence-electron chi connectivity index (χ0n) is 11.7. The summed E-state index contributed by atoms with van der Waals surface area (Å²) < 4.78 is 13.6. The second kappa shape index (κ2) is 6.29. The second-order valence-electron chi connectivity index (χ2n) is 5.83. The number of carbonyl (C=O) groups is 1. The predicted octanol–water partition coefficient (Wildman–Crippen LogP) is 3.26. The molecule has 1 aliphatic rings. The van der Waals surface area contributed by atoms with Crippen LogP contribution in [0.4, 0.5) is 4.39 Å². The first-order chi connectivity index (χ1) is 9.06. The van der Waals surface area contributed by atoms with Gasteiger partial charge in [0.25, 0.3) is 0 Å². The summed E-state index contributed by atoms with van der Waals surface area (Å²) in [6.07, 6.45) is 2.70. The number of halogens is 1. The van der Waals surface area contributed by atoms with Crippen LogP contribution in [0.15, 0.2) is 24.3 Å². The molecule has 104 valence electrons. The van der Waals surface area contributed by atoms with Crippen LogP contribution in [0.2, 0.25) is 0 Å². The van der Waals surface area contributed by atoms with Crippen LogP contribution >= 0.6 is 0 Å². The first kappa shape index (κ1) is 14.2. The highest BCUT2D eigenvalue weighted by molar-refractivity contribution is 5.81. The fraction of sp³-hybridized carbons (Fsp3) is 0.562. The molecule has 0 saturated heterocycles. The quantitative estimate of drug-likeness (QED) is 0.831. The highest BCUT2D eigenvalue weighted by Crippen LogP contribution is 2.26. The van der Waals surface area contributed by atoms with Crippen LogP contribution in [0.1, 0.15) is 31.7 Å². The molecule has 1 aromatic carbocycles. The van der Waals surface area contributed by atoms with E-state index in [0.29, 0.717) is 30.2 Å². The summed E-state index contributed by atoms with van der Waals surface area (Å²) in [7, 11) is 1.96. The van der Waals surface area contributed by atoms with E-state index in [4.69, 9.17) is 0 Å². The Morgan fingerprint density at radius 1 is 1.37 bits per heavy atom. The highest BCUT2D eigenvalue weighted by Gasteiger charge is 2.27. The molecule has 2 rings (SSSR count). The van der Waals surface area contributed by atoms with E-state index in [9.17, 15) is 9.18 Å². The Hall–Kier alpha value is -1.22. The maximum Gasteiger partial charge on any atom is 0.137 e. The second-order valence-corrected chi connectivity index (χ2v) is 5.83. The molecule has 0 spiro atoms. The Bertz CT molecular complexity index is 446. The van der Waals surface area contributed by atoms with Gasteiger partial charge >= 0.3 is 0 Å². The molecule has 0 N–H and O–H groups in total. The lowest BCUT2D eigenvalue weighted by atomic mass is 9.81. The SMILES string of the molecule is CC1CCC(=O)C(CN(C)Cc2ccccc2F)C1. The standard InChI is InChI=1S/C16H22FNO/c1-12-7-8-16(19)14(9-12)11-18(2)10-13-5-3-4-6-15(13)17/h3-6,12,14H,7-11H2,1-2H3. The first-order valence-corrected chi connectivity index (χ1v) is 7.01. The van der Waals surface area contributed by atoms with Crippen molar-refractivity contribution >= 4 is 5.78 Å². The van der Waals surface area contributed by atoms with E-state index in [1.807, 2.05) is 13.1 Å². The summed E-state index contributed by atoms with van der Waals surface area (Å²) >= 11 is 0. The third-order valence-electron chi connectivity index (χ3n) is 3.96. The van der Waals surface area contributed by atoms with Gasteiger partial charge in [0.2, 0.25) is 0 Å². The minimum Gasteiger partial charge on any atom is -0.301 e. The number of carbonyl (C=O) groups excluding carboxylic acids is 1. The van der Waals surface area contributed by atoms with E-state index >= 15 is 0 Å². The van der Waals surface area contributed by atoms with Gasteiger partial charge in [-0.25, -0.2) is 4.39 Å². The smallest absolute Gasteiger partial charge is 0.137 e. The van der Waals surface area contributed by atoms with Crippen LogP contribution in [0.5, 0.6) is 0 Å². The lowest BCUT2D eigenvalue weighted by Crippen LogP contribution is -2.34. The normalized spacial score (nSPS) is 23.9. The molecule has 1 aliphatic carbocycles. The third kappa shape index (κ3) is 3.87. The van der Waals surface area contributed by atoms with Gasteiger partial charge < -0.3 is 4.90 Å². The number of Topliss-reactive ketones (excluding diaryl/α,β-unsaturated/α-hetero) is 1. The molecule has 0 amide bonds. The highest BCUT2D eigenvalue weighted by atomic mass is 19.1. The Kier molecular flexibility index (Phi) is 4.70. The minimum atomic E-state index is -0.169. The monoisotopic (exact) mass is 263 g/mol. The fourth-order valence-corrected chi connectivity index (χ4v) is 2.86. The number of rotatable bonds is 4. The van der Waals surface area contributed by atoms with Gasteiger partial charge in [0.1, 0.15) is 11.6 Å². The average Bonchev–Trinajstić information content (AvgIpc) is 2.37. The average molecular weight is 263 g/mol. The Morgan fingerprint density at radius 3 is 2.84 bits per heavy atom. The molecule has 2 nitrogen and oxygen atoms in total. The van der Waals surface area contributed by atoms with Gasteiger partial charge in [-0.3, -0.25) is 4.79 Å². The van der Waals surface area contributed by atoms with E-state index in [0.717, 1.165) is 19.4 Å². The molecule has 0 aromatic heterocycles. The van der Waals surface area contributed by atoms with E-state index in [1.54, 1.807) is 12.1 Å². The van der Waals surface area contributed by atoms with Gasteiger partial charge in [-0.1, -0.05) is 25.1 Å². The van der Waals surface area contributed by atoms with Gasteiger partial charge in [-0.05, 0) is 31.9 Å². The van der Waals surface area contributed by atoms with Crippen molar-refractivity contribution in [2.75, 3.05) is 13.6 Å². The molecule has 1 saturated carbocycles. The predicted molar refractivity (Wildman–Crippen MR) is 74.2 cm³/mol. The van der Waals surface area contributed by atoms with Crippen molar-refractivity contribution < 1.29 is 9.18 Å². The van der Waals surface area contributed by atoms with Crippen molar-refractivity contribution in [1.82, 2.24) is 4.90 Å². The zero-order valence-corrected chi connectivity index (χ0v) is 11.7. The van der Waals surface area contributed by atoms with Crippen LogP contribution in [0, 0.1) is 17.7 Å². The van der Waals surface area contributed by atoms with E-state index in [-0.39, 0.29) is 11.7 Å².